The fraction of sp³-hybridized carbons (Fsp3) is 0.600. The number of aromatic nitrogens is 2. The van der Waals surface area contributed by atoms with Gasteiger partial charge in [0.25, 0.3) is 0 Å². The van der Waals surface area contributed by atoms with Crippen LogP contribution in [0, 0.1) is 6.92 Å². The summed E-state index contributed by atoms with van der Waals surface area (Å²) in [6.07, 6.45) is 0.0437. The van der Waals surface area contributed by atoms with Crippen LogP contribution in [0.3, 0.4) is 0 Å². The molecule has 0 bridgehead atoms. The molecule has 0 atom stereocenters. The lowest BCUT2D eigenvalue weighted by Gasteiger charge is -2.06. The molecule has 4 heteroatoms. The zero-order valence-electron chi connectivity index (χ0n) is 9.03. The van der Waals surface area contributed by atoms with E-state index in [1.54, 1.807) is 0 Å². The monoisotopic (exact) mass is 196 g/mol. The number of carbonyl (C=O) groups is 1. The highest BCUT2D eigenvalue weighted by molar-refractivity contribution is 5.70. The lowest BCUT2D eigenvalue weighted by molar-refractivity contribution is -0.136. The molecule has 0 fully saturated rings. The molecular formula is C10H16N2O2. The molecule has 1 aromatic heterocycles. The number of aliphatic carboxylic acids is 1. The third kappa shape index (κ3) is 1.95. The number of carboxylic acids is 1. The molecule has 1 aromatic rings. The molecule has 14 heavy (non-hydrogen) atoms. The minimum atomic E-state index is -0.814. The minimum absolute atomic E-state index is 0.0437. The molecule has 4 nitrogen and oxygen atoms in total. The number of carboxylic acid groups (broad SMARTS) is 1. The zero-order valence-corrected chi connectivity index (χ0v) is 9.03. The van der Waals surface area contributed by atoms with Crippen LogP contribution < -0.4 is 0 Å². The van der Waals surface area contributed by atoms with Crippen molar-refractivity contribution in [2.24, 2.45) is 7.05 Å². The van der Waals surface area contributed by atoms with Crippen LogP contribution in [0.5, 0.6) is 0 Å². The molecule has 78 valence electrons. The van der Waals surface area contributed by atoms with Crippen molar-refractivity contribution in [1.29, 1.82) is 0 Å². The van der Waals surface area contributed by atoms with E-state index < -0.39 is 5.97 Å². The van der Waals surface area contributed by atoms with Gasteiger partial charge in [-0.05, 0) is 6.92 Å². The summed E-state index contributed by atoms with van der Waals surface area (Å²) in [4.78, 5) is 15.0. The normalized spacial score (nSPS) is 10.9. The summed E-state index contributed by atoms with van der Waals surface area (Å²) in [7, 11) is 1.87. The lowest BCUT2D eigenvalue weighted by atomic mass is 10.2. The summed E-state index contributed by atoms with van der Waals surface area (Å²) in [6, 6.07) is 0. The average Bonchev–Trinajstić information content (AvgIpc) is 2.31. The van der Waals surface area contributed by atoms with Gasteiger partial charge in [0.1, 0.15) is 5.82 Å². The summed E-state index contributed by atoms with van der Waals surface area (Å²) < 4.78 is 1.88. The van der Waals surface area contributed by atoms with Crippen LogP contribution in [-0.4, -0.2) is 20.6 Å². The second-order valence-electron chi connectivity index (χ2n) is 3.79. The third-order valence-corrected chi connectivity index (χ3v) is 2.28. The quantitative estimate of drug-likeness (QED) is 0.796. The van der Waals surface area contributed by atoms with Crippen molar-refractivity contribution in [3.8, 4) is 0 Å². The second kappa shape index (κ2) is 3.82. The van der Waals surface area contributed by atoms with Crippen molar-refractivity contribution < 1.29 is 9.90 Å². The van der Waals surface area contributed by atoms with Crippen LogP contribution in [0.15, 0.2) is 0 Å². The highest BCUT2D eigenvalue weighted by Crippen LogP contribution is 2.17. The van der Waals surface area contributed by atoms with Gasteiger partial charge >= 0.3 is 5.97 Å². The molecule has 0 unspecified atom stereocenters. The van der Waals surface area contributed by atoms with Gasteiger partial charge in [-0.3, -0.25) is 4.79 Å². The van der Waals surface area contributed by atoms with Crippen molar-refractivity contribution in [2.75, 3.05) is 0 Å². The number of nitrogens with zero attached hydrogens (tertiary/aromatic N) is 2. The third-order valence-electron chi connectivity index (χ3n) is 2.28. The SMILES string of the molecule is Cc1nc(C(C)C)n(C)c1CC(=O)O. The van der Waals surface area contributed by atoms with Gasteiger partial charge < -0.3 is 9.67 Å². The fourth-order valence-electron chi connectivity index (χ4n) is 1.60. The molecule has 1 heterocycles. The van der Waals surface area contributed by atoms with Crippen LogP contribution in [-0.2, 0) is 18.3 Å². The molecule has 1 rings (SSSR count). The van der Waals surface area contributed by atoms with Gasteiger partial charge in [-0.2, -0.15) is 0 Å². The fourth-order valence-corrected chi connectivity index (χ4v) is 1.60. The Balaban J connectivity index is 3.11. The molecule has 0 aliphatic rings. The first kappa shape index (κ1) is 10.8. The first-order chi connectivity index (χ1) is 6.43. The number of rotatable bonds is 3. The predicted octanol–water partition coefficient (Wildman–Crippen LogP) is 1.48. The maximum atomic E-state index is 10.6. The van der Waals surface area contributed by atoms with E-state index in [-0.39, 0.29) is 6.42 Å². The number of hydrogen-bond donors (Lipinski definition) is 1. The Bertz CT molecular complexity index is 353. The van der Waals surface area contributed by atoms with Gasteiger partial charge in [0.05, 0.1) is 17.8 Å². The van der Waals surface area contributed by atoms with E-state index in [1.165, 1.54) is 0 Å². The Morgan fingerprint density at radius 2 is 2.14 bits per heavy atom. The standard InChI is InChI=1S/C10H16N2O2/c1-6(2)10-11-7(3)8(12(10)4)5-9(13)14/h6H,5H2,1-4H3,(H,13,14). The smallest absolute Gasteiger partial charge is 0.309 e. The summed E-state index contributed by atoms with van der Waals surface area (Å²) in [5, 5.41) is 8.72. The zero-order chi connectivity index (χ0) is 10.9. The molecule has 1 N–H and O–H groups in total. The molecule has 0 radical (unpaired) electrons. The first-order valence-corrected chi connectivity index (χ1v) is 4.67. The maximum absolute atomic E-state index is 10.6. The van der Waals surface area contributed by atoms with Crippen molar-refractivity contribution >= 4 is 5.97 Å². The first-order valence-electron chi connectivity index (χ1n) is 4.67. The van der Waals surface area contributed by atoms with E-state index in [4.69, 9.17) is 5.11 Å². The Morgan fingerprint density at radius 3 is 2.50 bits per heavy atom. The lowest BCUT2D eigenvalue weighted by Crippen LogP contribution is -2.08. The highest BCUT2D eigenvalue weighted by atomic mass is 16.4. The van der Waals surface area contributed by atoms with E-state index in [9.17, 15) is 4.79 Å². The van der Waals surface area contributed by atoms with Crippen molar-refractivity contribution in [2.45, 2.75) is 33.1 Å². The van der Waals surface area contributed by atoms with Gasteiger partial charge in [0, 0.05) is 13.0 Å². The number of imidazole rings is 1. The van der Waals surface area contributed by atoms with Crippen LogP contribution in [0.1, 0.15) is 37.0 Å². The second-order valence-corrected chi connectivity index (χ2v) is 3.79. The maximum Gasteiger partial charge on any atom is 0.309 e. The van der Waals surface area contributed by atoms with Crippen molar-refractivity contribution in [3.63, 3.8) is 0 Å². The van der Waals surface area contributed by atoms with Gasteiger partial charge in [-0.25, -0.2) is 4.98 Å². The van der Waals surface area contributed by atoms with Gasteiger partial charge in [0.15, 0.2) is 0 Å². The van der Waals surface area contributed by atoms with Crippen LogP contribution in [0.25, 0.3) is 0 Å². The van der Waals surface area contributed by atoms with Crippen LogP contribution in [0.2, 0.25) is 0 Å². The predicted molar refractivity (Wildman–Crippen MR) is 53.4 cm³/mol. The van der Waals surface area contributed by atoms with E-state index in [2.05, 4.69) is 4.98 Å². The summed E-state index contributed by atoms with van der Waals surface area (Å²) >= 11 is 0. The molecule has 0 saturated heterocycles. The summed E-state index contributed by atoms with van der Waals surface area (Å²) in [5.41, 5.74) is 1.61. The number of aryl methyl sites for hydroxylation is 1. The van der Waals surface area contributed by atoms with Crippen molar-refractivity contribution in [1.82, 2.24) is 9.55 Å². The average molecular weight is 196 g/mol. The van der Waals surface area contributed by atoms with Crippen LogP contribution >= 0.6 is 0 Å². The van der Waals surface area contributed by atoms with Gasteiger partial charge in [-0.15, -0.1) is 0 Å². The van der Waals surface area contributed by atoms with E-state index in [1.807, 2.05) is 32.4 Å². The Morgan fingerprint density at radius 1 is 1.57 bits per heavy atom. The van der Waals surface area contributed by atoms with E-state index in [0.29, 0.717) is 5.92 Å². The number of hydrogen-bond acceptors (Lipinski definition) is 2. The molecular weight excluding hydrogens is 180 g/mol. The molecule has 0 spiro atoms. The topological polar surface area (TPSA) is 55.1 Å². The van der Waals surface area contributed by atoms with Gasteiger partial charge in [-0.1, -0.05) is 13.8 Å². The molecule has 0 aliphatic carbocycles. The highest BCUT2D eigenvalue weighted by Gasteiger charge is 2.15. The van der Waals surface area contributed by atoms with E-state index in [0.717, 1.165) is 17.2 Å². The summed E-state index contributed by atoms with van der Waals surface area (Å²) in [5.74, 6) is 0.450. The Hall–Kier alpha value is -1.32. The summed E-state index contributed by atoms with van der Waals surface area (Å²) in [6.45, 7) is 5.95. The minimum Gasteiger partial charge on any atom is -0.481 e. The Labute approximate surface area is 83.6 Å². The largest absolute Gasteiger partial charge is 0.481 e. The van der Waals surface area contributed by atoms with Crippen molar-refractivity contribution in [3.05, 3.63) is 17.2 Å². The molecule has 0 aliphatic heterocycles. The molecule has 0 aromatic carbocycles. The van der Waals surface area contributed by atoms with Gasteiger partial charge in [0.2, 0.25) is 0 Å². The Kier molecular flexibility index (Phi) is 2.93. The van der Waals surface area contributed by atoms with Crippen LogP contribution in [0.4, 0.5) is 0 Å². The molecule has 0 amide bonds. The van der Waals surface area contributed by atoms with E-state index >= 15 is 0 Å². The molecule has 0 saturated carbocycles.